The fourth-order valence-corrected chi connectivity index (χ4v) is 3.38. The zero-order chi connectivity index (χ0) is 16.7. The molecule has 1 aliphatic rings. The lowest BCUT2D eigenvalue weighted by molar-refractivity contribution is -0.950. The molecular formula is C18H30N3O2+. The highest BCUT2D eigenvalue weighted by Crippen LogP contribution is 2.15. The topological polar surface area (TPSA) is 54.8 Å². The number of quaternary nitrogens is 1. The van der Waals surface area contributed by atoms with Crippen LogP contribution in [-0.4, -0.2) is 37.8 Å². The second-order valence-corrected chi connectivity index (χ2v) is 6.40. The summed E-state index contributed by atoms with van der Waals surface area (Å²) in [7, 11) is 0. The van der Waals surface area contributed by atoms with Gasteiger partial charge in [-0.2, -0.15) is 0 Å². The van der Waals surface area contributed by atoms with E-state index in [1.807, 2.05) is 31.2 Å². The molecule has 2 amide bonds. The molecule has 0 spiro atoms. The van der Waals surface area contributed by atoms with Crippen LogP contribution in [0.25, 0.3) is 0 Å². The van der Waals surface area contributed by atoms with E-state index in [0.29, 0.717) is 25.2 Å². The molecule has 5 heteroatoms. The summed E-state index contributed by atoms with van der Waals surface area (Å²) in [5, 5.41) is 5.81. The average molecular weight is 320 g/mol. The van der Waals surface area contributed by atoms with Gasteiger partial charge in [-0.3, -0.25) is 0 Å². The summed E-state index contributed by atoms with van der Waals surface area (Å²) in [5.74, 6) is 0.815. The molecule has 0 aromatic heterocycles. The lowest BCUT2D eigenvalue weighted by atomic mass is 9.98. The van der Waals surface area contributed by atoms with Gasteiger partial charge in [0.1, 0.15) is 5.75 Å². The van der Waals surface area contributed by atoms with Gasteiger partial charge in [0, 0.05) is 5.69 Å². The standard InChI is InChI=1S/C18H29N3O2/c1-4-23-17-10-8-16(9-11-17)20-18(22)19-12-13-21-14(2)6-5-7-15(21)3/h8-11,14-15H,4-7,12-13H2,1-3H3,(H2,19,20,22)/p+1/t14-,15-/m1/s1. The maximum absolute atomic E-state index is 12.0. The van der Waals surface area contributed by atoms with Gasteiger partial charge in [-0.05, 0) is 64.3 Å². The number of ether oxygens (including phenoxy) is 1. The number of hydrogen-bond acceptors (Lipinski definition) is 2. The lowest BCUT2D eigenvalue weighted by Crippen LogP contribution is -3.19. The number of anilines is 1. The van der Waals surface area contributed by atoms with Crippen LogP contribution < -0.4 is 20.3 Å². The minimum absolute atomic E-state index is 0.147. The van der Waals surface area contributed by atoms with Crippen LogP contribution in [0.3, 0.4) is 0 Å². The van der Waals surface area contributed by atoms with E-state index in [1.165, 1.54) is 19.3 Å². The number of nitrogens with one attached hydrogen (secondary N) is 3. The third kappa shape index (κ3) is 5.43. The second kappa shape index (κ2) is 8.77. The molecule has 1 aliphatic heterocycles. The number of piperidine rings is 1. The molecule has 1 fully saturated rings. The van der Waals surface area contributed by atoms with Crippen molar-refractivity contribution < 1.29 is 14.4 Å². The molecule has 0 unspecified atom stereocenters. The quantitative estimate of drug-likeness (QED) is 0.751. The molecule has 0 saturated carbocycles. The highest BCUT2D eigenvalue weighted by atomic mass is 16.5. The number of carbonyl (C=O) groups is 1. The van der Waals surface area contributed by atoms with Crippen molar-refractivity contribution in [3.63, 3.8) is 0 Å². The van der Waals surface area contributed by atoms with Gasteiger partial charge in [-0.1, -0.05) is 0 Å². The minimum atomic E-state index is -0.147. The van der Waals surface area contributed by atoms with Crippen LogP contribution in [0, 0.1) is 0 Å². The Labute approximate surface area is 139 Å². The first-order valence-electron chi connectivity index (χ1n) is 8.73. The lowest BCUT2D eigenvalue weighted by Gasteiger charge is -2.35. The maximum Gasteiger partial charge on any atom is 0.319 e. The Morgan fingerprint density at radius 2 is 1.87 bits per heavy atom. The first-order valence-corrected chi connectivity index (χ1v) is 8.73. The first kappa shape index (κ1) is 17.6. The zero-order valence-electron chi connectivity index (χ0n) is 14.5. The van der Waals surface area contributed by atoms with E-state index in [0.717, 1.165) is 18.0 Å². The maximum atomic E-state index is 12.0. The summed E-state index contributed by atoms with van der Waals surface area (Å²) in [6.45, 7) is 8.90. The molecule has 5 nitrogen and oxygen atoms in total. The summed E-state index contributed by atoms with van der Waals surface area (Å²) < 4.78 is 5.39. The Kier molecular flexibility index (Phi) is 6.71. The highest BCUT2D eigenvalue weighted by molar-refractivity contribution is 5.89. The molecule has 23 heavy (non-hydrogen) atoms. The van der Waals surface area contributed by atoms with E-state index in [-0.39, 0.29) is 6.03 Å². The molecule has 0 bridgehead atoms. The molecule has 0 aliphatic carbocycles. The summed E-state index contributed by atoms with van der Waals surface area (Å²) in [6.07, 6.45) is 3.91. The van der Waals surface area contributed by atoms with Gasteiger partial charge in [0.25, 0.3) is 0 Å². The van der Waals surface area contributed by atoms with Gasteiger partial charge in [0.15, 0.2) is 0 Å². The van der Waals surface area contributed by atoms with E-state index >= 15 is 0 Å². The Bertz CT molecular complexity index is 480. The predicted molar refractivity (Wildman–Crippen MR) is 93.2 cm³/mol. The molecule has 0 radical (unpaired) electrons. The third-order valence-electron chi connectivity index (χ3n) is 4.66. The molecule has 3 N–H and O–H groups in total. The highest BCUT2D eigenvalue weighted by Gasteiger charge is 2.27. The van der Waals surface area contributed by atoms with Gasteiger partial charge in [-0.15, -0.1) is 0 Å². The van der Waals surface area contributed by atoms with Gasteiger partial charge in [-0.25, -0.2) is 4.79 Å². The van der Waals surface area contributed by atoms with Crippen molar-refractivity contribution >= 4 is 11.7 Å². The second-order valence-electron chi connectivity index (χ2n) is 6.40. The van der Waals surface area contributed by atoms with Crippen LogP contribution in [0.15, 0.2) is 24.3 Å². The normalized spacial score (nSPS) is 21.7. The summed E-state index contributed by atoms with van der Waals surface area (Å²) in [4.78, 5) is 13.6. The number of benzene rings is 1. The monoisotopic (exact) mass is 320 g/mol. The Balaban J connectivity index is 1.72. The minimum Gasteiger partial charge on any atom is -0.494 e. The fourth-order valence-electron chi connectivity index (χ4n) is 3.38. The Morgan fingerprint density at radius 1 is 1.22 bits per heavy atom. The molecule has 1 saturated heterocycles. The fraction of sp³-hybridized carbons (Fsp3) is 0.611. The smallest absolute Gasteiger partial charge is 0.319 e. The summed E-state index contributed by atoms with van der Waals surface area (Å²) in [5.41, 5.74) is 0.776. The van der Waals surface area contributed by atoms with Crippen LogP contribution in [0.5, 0.6) is 5.75 Å². The summed E-state index contributed by atoms with van der Waals surface area (Å²) in [6, 6.07) is 8.66. The van der Waals surface area contributed by atoms with Crippen molar-refractivity contribution in [3.8, 4) is 5.75 Å². The predicted octanol–water partition coefficient (Wildman–Crippen LogP) is 2.05. The number of amides is 2. The Morgan fingerprint density at radius 3 is 2.48 bits per heavy atom. The molecule has 1 aromatic rings. The zero-order valence-corrected chi connectivity index (χ0v) is 14.5. The van der Waals surface area contributed by atoms with Crippen molar-refractivity contribution in [1.29, 1.82) is 0 Å². The van der Waals surface area contributed by atoms with Crippen LogP contribution in [0.4, 0.5) is 10.5 Å². The molecule has 2 rings (SSSR count). The number of carbonyl (C=O) groups excluding carboxylic acids is 1. The van der Waals surface area contributed by atoms with Crippen molar-refractivity contribution in [1.82, 2.24) is 5.32 Å². The van der Waals surface area contributed by atoms with Crippen LogP contribution in [0.1, 0.15) is 40.0 Å². The van der Waals surface area contributed by atoms with E-state index < -0.39 is 0 Å². The number of likely N-dealkylation sites (tertiary alicyclic amines) is 1. The van der Waals surface area contributed by atoms with Crippen molar-refractivity contribution in [2.75, 3.05) is 25.0 Å². The van der Waals surface area contributed by atoms with Crippen molar-refractivity contribution in [2.45, 2.75) is 52.1 Å². The third-order valence-corrected chi connectivity index (χ3v) is 4.66. The van der Waals surface area contributed by atoms with Crippen molar-refractivity contribution in [2.24, 2.45) is 0 Å². The van der Waals surface area contributed by atoms with Crippen LogP contribution in [-0.2, 0) is 0 Å². The largest absolute Gasteiger partial charge is 0.494 e. The molecule has 1 aromatic carbocycles. The SMILES string of the molecule is CCOc1ccc(NC(=O)NCC[NH+]2[C@H](C)CCC[C@H]2C)cc1. The average Bonchev–Trinajstić information content (AvgIpc) is 2.52. The van der Waals surface area contributed by atoms with Gasteiger partial charge >= 0.3 is 6.03 Å². The van der Waals surface area contributed by atoms with Gasteiger partial charge < -0.3 is 20.3 Å². The van der Waals surface area contributed by atoms with E-state index in [4.69, 9.17) is 4.74 Å². The number of hydrogen-bond donors (Lipinski definition) is 3. The number of urea groups is 1. The number of rotatable bonds is 6. The van der Waals surface area contributed by atoms with E-state index in [2.05, 4.69) is 24.5 Å². The van der Waals surface area contributed by atoms with Gasteiger partial charge in [0.2, 0.25) is 0 Å². The van der Waals surface area contributed by atoms with Crippen LogP contribution >= 0.6 is 0 Å². The molecular weight excluding hydrogens is 290 g/mol. The van der Waals surface area contributed by atoms with Crippen molar-refractivity contribution in [3.05, 3.63) is 24.3 Å². The first-order chi connectivity index (χ1) is 11.1. The molecule has 128 valence electrons. The van der Waals surface area contributed by atoms with E-state index in [9.17, 15) is 4.79 Å². The van der Waals surface area contributed by atoms with Crippen LogP contribution in [0.2, 0.25) is 0 Å². The summed E-state index contributed by atoms with van der Waals surface area (Å²) >= 11 is 0. The molecule has 2 atom stereocenters. The molecule has 1 heterocycles. The van der Waals surface area contributed by atoms with Gasteiger partial charge in [0.05, 0.1) is 31.8 Å². The van der Waals surface area contributed by atoms with E-state index in [1.54, 1.807) is 4.90 Å². The Hall–Kier alpha value is -1.75.